The van der Waals surface area contributed by atoms with Gasteiger partial charge in [-0.3, -0.25) is 0 Å². The molecule has 0 amide bonds. The van der Waals surface area contributed by atoms with E-state index in [1.54, 1.807) is 6.26 Å². The molecule has 0 aromatic heterocycles. The Morgan fingerprint density at radius 3 is 2.80 bits per heavy atom. The van der Waals surface area contributed by atoms with Crippen LogP contribution in [0.2, 0.25) is 0 Å². The maximum absolute atomic E-state index is 4.74. The summed E-state index contributed by atoms with van der Waals surface area (Å²) in [7, 11) is 0.573. The average Bonchev–Trinajstić information content (AvgIpc) is 1.76. The van der Waals surface area contributed by atoms with Crippen LogP contribution in [0.15, 0.2) is 12.3 Å². The molecule has 0 N–H and O–H groups in total. The van der Waals surface area contributed by atoms with E-state index in [9.17, 15) is 0 Å². The lowest BCUT2D eigenvalue weighted by Crippen LogP contribution is -1.69. The largest absolute Gasteiger partial charge is 0.519 e. The monoisotopic (exact) mass is 83.0 g/mol. The Morgan fingerprint density at radius 2 is 2.60 bits per heavy atom. The Kier molecular flexibility index (Phi) is 0.665. The van der Waals surface area contributed by atoms with E-state index in [0.717, 1.165) is 0 Å². The minimum Gasteiger partial charge on any atom is -0.519 e. The summed E-state index contributed by atoms with van der Waals surface area (Å²) in [6.45, 7) is 0. The highest BCUT2D eigenvalue weighted by Gasteiger charge is 1.73. The fourth-order valence-electron chi connectivity index (χ4n) is 0.196. The first kappa shape index (κ1) is 2.84. The minimum absolute atomic E-state index is 0.573. The topological polar surface area (TPSA) is 9.23 Å². The molecule has 1 heterocycles. The van der Waals surface area contributed by atoms with Gasteiger partial charge in [0.25, 0.3) is 9.38 Å². The first-order chi connectivity index (χ1) is 2.50. The Hall–Kier alpha value is -0.373. The normalized spacial score (nSPS) is 16.0. The molecule has 0 fully saturated rings. The predicted octanol–water partition coefficient (Wildman–Crippen LogP) is -0.0483. The van der Waals surface area contributed by atoms with Crippen molar-refractivity contribution in [2.24, 2.45) is 0 Å². The molecule has 2 heteroatoms. The van der Waals surface area contributed by atoms with Gasteiger partial charge in [0, 0.05) is 0 Å². The minimum atomic E-state index is 0.573. The lowest BCUT2D eigenvalue weighted by molar-refractivity contribution is 0.537. The second kappa shape index (κ2) is 1.17. The van der Waals surface area contributed by atoms with Crippen LogP contribution in [0.5, 0.6) is 0 Å². The van der Waals surface area contributed by atoms with Crippen LogP contribution in [0.1, 0.15) is 0 Å². The molecule has 0 saturated carbocycles. The summed E-state index contributed by atoms with van der Waals surface area (Å²) in [4.78, 5) is 0. The van der Waals surface area contributed by atoms with Crippen molar-refractivity contribution in [2.75, 3.05) is 0 Å². The third-order valence-corrected chi connectivity index (χ3v) is 0.980. The van der Waals surface area contributed by atoms with Gasteiger partial charge in [0.15, 0.2) is 0 Å². The van der Waals surface area contributed by atoms with Crippen molar-refractivity contribution in [2.45, 2.75) is 0 Å². The van der Waals surface area contributed by atoms with E-state index in [1.165, 1.54) is 0 Å². The molecule has 5 heavy (non-hydrogen) atoms. The van der Waals surface area contributed by atoms with Gasteiger partial charge in [-0.25, -0.2) is 0 Å². The Bertz CT molecular complexity index is 65.0. The quantitative estimate of drug-likeness (QED) is 0.373. The van der Waals surface area contributed by atoms with Gasteiger partial charge in [0.1, 0.15) is 0 Å². The summed E-state index contributed by atoms with van der Waals surface area (Å²) in [5.41, 5.74) is 1.99. The Balaban J connectivity index is 2.61. The summed E-state index contributed by atoms with van der Waals surface area (Å²) in [6.07, 6.45) is 3.59. The van der Waals surface area contributed by atoms with E-state index in [2.05, 4.69) is 0 Å². The van der Waals surface area contributed by atoms with Gasteiger partial charge in [-0.2, -0.15) is 0 Å². The molecule has 25 valence electrons. The number of hydrogen-bond donors (Lipinski definition) is 0. The SMILES string of the molecule is C1=CO[Si]=C1. The van der Waals surface area contributed by atoms with Crippen molar-refractivity contribution in [1.82, 2.24) is 0 Å². The van der Waals surface area contributed by atoms with Gasteiger partial charge in [-0.1, -0.05) is 0 Å². The van der Waals surface area contributed by atoms with Crippen molar-refractivity contribution < 1.29 is 4.43 Å². The molecule has 0 saturated heterocycles. The van der Waals surface area contributed by atoms with E-state index >= 15 is 0 Å². The molecule has 0 unspecified atom stereocenters. The molecule has 0 bridgehead atoms. The molecule has 0 aromatic carbocycles. The molecule has 0 atom stereocenters. The molecular weight excluding hydrogens is 80.1 g/mol. The highest BCUT2D eigenvalue weighted by molar-refractivity contribution is 6.44. The van der Waals surface area contributed by atoms with Crippen molar-refractivity contribution in [3.8, 4) is 0 Å². The standard InChI is InChI=1S/C3H3OSi/c1-2-4-5-3-1/h1-3H. The summed E-state index contributed by atoms with van der Waals surface area (Å²) >= 11 is 0. The highest BCUT2D eigenvalue weighted by atomic mass is 28.2. The zero-order valence-electron chi connectivity index (χ0n) is 2.64. The Labute approximate surface area is 32.8 Å². The van der Waals surface area contributed by atoms with Crippen LogP contribution < -0.4 is 0 Å². The third kappa shape index (κ3) is 0.448. The van der Waals surface area contributed by atoms with Crippen molar-refractivity contribution in [3.63, 3.8) is 0 Å². The van der Waals surface area contributed by atoms with E-state index in [-0.39, 0.29) is 0 Å². The summed E-state index contributed by atoms with van der Waals surface area (Å²) in [6, 6.07) is 0. The zero-order valence-corrected chi connectivity index (χ0v) is 3.64. The van der Waals surface area contributed by atoms with E-state index in [1.807, 2.05) is 11.7 Å². The van der Waals surface area contributed by atoms with Crippen molar-refractivity contribution in [1.29, 1.82) is 0 Å². The van der Waals surface area contributed by atoms with Crippen molar-refractivity contribution >= 4 is 15.0 Å². The lowest BCUT2D eigenvalue weighted by atomic mass is 10.7. The Morgan fingerprint density at radius 1 is 1.60 bits per heavy atom. The molecule has 0 spiro atoms. The van der Waals surface area contributed by atoms with Gasteiger partial charge in [-0.05, 0) is 11.7 Å². The second-order valence-electron chi connectivity index (χ2n) is 0.731. The van der Waals surface area contributed by atoms with E-state index in [4.69, 9.17) is 4.43 Å². The van der Waals surface area contributed by atoms with Crippen LogP contribution >= 0.6 is 0 Å². The maximum atomic E-state index is 4.74. The van der Waals surface area contributed by atoms with Crippen LogP contribution in [0.3, 0.4) is 0 Å². The molecule has 1 nitrogen and oxygen atoms in total. The van der Waals surface area contributed by atoms with Gasteiger partial charge < -0.3 is 4.43 Å². The highest BCUT2D eigenvalue weighted by Crippen LogP contribution is 1.72. The molecular formula is C3H3OSi. The summed E-state index contributed by atoms with van der Waals surface area (Å²) < 4.78 is 4.74. The van der Waals surface area contributed by atoms with Crippen molar-refractivity contribution in [3.05, 3.63) is 12.3 Å². The zero-order chi connectivity index (χ0) is 3.54. The summed E-state index contributed by atoms with van der Waals surface area (Å²) in [5, 5.41) is 0. The third-order valence-electron chi connectivity index (χ3n) is 0.379. The number of hydrogen-bond acceptors (Lipinski definition) is 1. The molecule has 1 aliphatic heterocycles. The smallest absolute Gasteiger partial charge is 0.288 e. The average molecular weight is 83.1 g/mol. The fraction of sp³-hybridized carbons (Fsp3) is 0. The fourth-order valence-corrected chi connectivity index (χ4v) is 0.589. The number of allylic oxidation sites excluding steroid dienone is 1. The van der Waals surface area contributed by atoms with Crippen LogP contribution in [-0.2, 0) is 4.43 Å². The molecule has 1 radical (unpaired) electrons. The van der Waals surface area contributed by atoms with Gasteiger partial charge in [0.2, 0.25) is 0 Å². The van der Waals surface area contributed by atoms with Gasteiger partial charge in [0.05, 0.1) is 6.26 Å². The van der Waals surface area contributed by atoms with Crippen LogP contribution in [-0.4, -0.2) is 15.0 Å². The predicted molar refractivity (Wildman–Crippen MR) is 22.0 cm³/mol. The summed E-state index contributed by atoms with van der Waals surface area (Å²) in [5.74, 6) is 0. The molecule has 1 rings (SSSR count). The maximum Gasteiger partial charge on any atom is 0.288 e. The van der Waals surface area contributed by atoms with Gasteiger partial charge in [-0.15, -0.1) is 0 Å². The second-order valence-corrected chi connectivity index (χ2v) is 1.54. The van der Waals surface area contributed by atoms with E-state index < -0.39 is 0 Å². The lowest BCUT2D eigenvalue weighted by Gasteiger charge is -1.70. The van der Waals surface area contributed by atoms with Crippen LogP contribution in [0, 0.1) is 0 Å². The number of rotatable bonds is 0. The van der Waals surface area contributed by atoms with E-state index in [0.29, 0.717) is 9.38 Å². The van der Waals surface area contributed by atoms with Crippen LogP contribution in [0.25, 0.3) is 0 Å². The first-order valence-electron chi connectivity index (χ1n) is 1.40. The molecule has 1 aliphatic rings. The van der Waals surface area contributed by atoms with Gasteiger partial charge >= 0.3 is 0 Å². The first-order valence-corrected chi connectivity index (χ1v) is 2.38. The molecule has 0 aliphatic carbocycles. The molecule has 0 aromatic rings. The van der Waals surface area contributed by atoms with Crippen LogP contribution in [0.4, 0.5) is 0 Å².